The van der Waals surface area contributed by atoms with E-state index in [1.165, 1.54) is 6.08 Å². The van der Waals surface area contributed by atoms with Gasteiger partial charge >= 0.3 is 6.18 Å². The molecule has 0 radical (unpaired) electrons. The summed E-state index contributed by atoms with van der Waals surface area (Å²) in [6.45, 7) is 0. The quantitative estimate of drug-likeness (QED) is 0.687. The Morgan fingerprint density at radius 1 is 1.06 bits per heavy atom. The Balaban J connectivity index is 2.12. The first kappa shape index (κ1) is 11.5. The number of hydrogen-bond acceptors (Lipinski definition) is 1. The first-order valence-corrected chi connectivity index (χ1v) is 6.37. The van der Waals surface area contributed by atoms with E-state index in [9.17, 15) is 13.2 Å². The van der Waals surface area contributed by atoms with Gasteiger partial charge in [0.2, 0.25) is 0 Å². The topological polar surface area (TPSA) is 0 Å². The maximum absolute atomic E-state index is 12.7. The van der Waals surface area contributed by atoms with Crippen LogP contribution >= 0.6 is 11.3 Å². The van der Waals surface area contributed by atoms with Crippen LogP contribution < -0.4 is 0 Å². The monoisotopic (exact) mass is 266 g/mol. The zero-order chi connectivity index (χ0) is 12.8. The van der Waals surface area contributed by atoms with E-state index in [-0.39, 0.29) is 6.42 Å². The van der Waals surface area contributed by atoms with E-state index in [4.69, 9.17) is 0 Å². The molecule has 3 rings (SSSR count). The fourth-order valence-corrected chi connectivity index (χ4v) is 2.96. The van der Waals surface area contributed by atoms with Crippen molar-refractivity contribution in [2.24, 2.45) is 0 Å². The Morgan fingerprint density at radius 3 is 2.56 bits per heavy atom. The Hall–Kier alpha value is -1.55. The van der Waals surface area contributed by atoms with Crippen LogP contribution in [0.2, 0.25) is 0 Å². The van der Waals surface area contributed by atoms with Gasteiger partial charge in [-0.15, -0.1) is 11.3 Å². The van der Waals surface area contributed by atoms with Crippen LogP contribution in [-0.2, 0) is 6.42 Å². The van der Waals surface area contributed by atoms with Crippen LogP contribution in [0.1, 0.15) is 11.1 Å². The maximum atomic E-state index is 12.7. The predicted octanol–water partition coefficient (Wildman–Crippen LogP) is 4.92. The summed E-state index contributed by atoms with van der Waals surface area (Å²) in [5.41, 5.74) is 1.91. The van der Waals surface area contributed by atoms with Gasteiger partial charge in [0, 0.05) is 16.9 Å². The first-order chi connectivity index (χ1) is 8.55. The molecule has 4 heteroatoms. The molecule has 0 bridgehead atoms. The lowest BCUT2D eigenvalue weighted by molar-refractivity contribution is -0.0918. The van der Waals surface area contributed by atoms with E-state index < -0.39 is 11.7 Å². The Labute approximate surface area is 106 Å². The standard InChI is InChI=1S/C14H9F3S/c15-14(16,17)10-7-9-3-1-4-11(12(9)8-10)13-5-2-6-18-13/h1-6,8H,7H2. The molecule has 0 amide bonds. The molecule has 0 N–H and O–H groups in total. The highest BCUT2D eigenvalue weighted by molar-refractivity contribution is 7.13. The van der Waals surface area contributed by atoms with Gasteiger partial charge in [-0.2, -0.15) is 13.2 Å². The Morgan fingerprint density at radius 2 is 1.89 bits per heavy atom. The number of fused-ring (bicyclic) bond motifs is 1. The highest BCUT2D eigenvalue weighted by Crippen LogP contribution is 2.40. The summed E-state index contributed by atoms with van der Waals surface area (Å²) in [5.74, 6) is 0. The van der Waals surface area contributed by atoms with Crippen molar-refractivity contribution in [3.63, 3.8) is 0 Å². The molecule has 2 aromatic rings. The summed E-state index contributed by atoms with van der Waals surface area (Å²) in [5, 5.41) is 1.93. The molecule has 0 nitrogen and oxygen atoms in total. The van der Waals surface area contributed by atoms with Crippen LogP contribution in [0, 0.1) is 0 Å². The summed E-state index contributed by atoms with van der Waals surface area (Å²) in [6.07, 6.45) is -2.96. The van der Waals surface area contributed by atoms with Gasteiger partial charge in [-0.1, -0.05) is 24.3 Å². The van der Waals surface area contributed by atoms with Crippen LogP contribution in [-0.4, -0.2) is 6.18 Å². The molecule has 18 heavy (non-hydrogen) atoms. The second-order valence-electron chi connectivity index (χ2n) is 4.20. The molecule has 0 aliphatic heterocycles. The maximum Gasteiger partial charge on any atom is 0.413 e. The van der Waals surface area contributed by atoms with Gasteiger partial charge in [0.25, 0.3) is 0 Å². The predicted molar refractivity (Wildman–Crippen MR) is 67.5 cm³/mol. The molecular formula is C14H9F3S. The van der Waals surface area contributed by atoms with Crippen LogP contribution in [0.3, 0.4) is 0 Å². The van der Waals surface area contributed by atoms with Crippen molar-refractivity contribution in [2.45, 2.75) is 12.6 Å². The zero-order valence-electron chi connectivity index (χ0n) is 9.29. The molecule has 0 unspecified atom stereocenters. The Kier molecular flexibility index (Phi) is 2.55. The third kappa shape index (κ3) is 1.86. The average molecular weight is 266 g/mol. The smallest absolute Gasteiger partial charge is 0.166 e. The average Bonchev–Trinajstić information content (AvgIpc) is 2.96. The minimum Gasteiger partial charge on any atom is -0.166 e. The lowest BCUT2D eigenvalue weighted by atomic mass is 10.0. The van der Waals surface area contributed by atoms with Gasteiger partial charge in [-0.3, -0.25) is 0 Å². The van der Waals surface area contributed by atoms with Crippen molar-refractivity contribution >= 4 is 17.4 Å². The van der Waals surface area contributed by atoms with Gasteiger partial charge in [-0.05, 0) is 34.2 Å². The molecule has 0 saturated carbocycles. The van der Waals surface area contributed by atoms with E-state index in [0.717, 1.165) is 16.0 Å². The molecule has 1 aromatic carbocycles. The van der Waals surface area contributed by atoms with E-state index in [1.807, 2.05) is 29.6 Å². The number of benzene rings is 1. The van der Waals surface area contributed by atoms with Crippen molar-refractivity contribution < 1.29 is 13.2 Å². The summed E-state index contributed by atoms with van der Waals surface area (Å²) < 4.78 is 38.2. The summed E-state index contributed by atoms with van der Waals surface area (Å²) in [6, 6.07) is 9.30. The normalized spacial score (nSPS) is 14.5. The highest BCUT2D eigenvalue weighted by Gasteiger charge is 2.36. The summed E-state index contributed by atoms with van der Waals surface area (Å²) >= 11 is 1.54. The van der Waals surface area contributed by atoms with E-state index in [2.05, 4.69) is 0 Å². The lowest BCUT2D eigenvalue weighted by Gasteiger charge is -2.06. The molecule has 1 aromatic heterocycles. The van der Waals surface area contributed by atoms with Crippen molar-refractivity contribution in [1.29, 1.82) is 0 Å². The van der Waals surface area contributed by atoms with Crippen LogP contribution in [0.4, 0.5) is 13.2 Å². The number of halogens is 3. The third-order valence-electron chi connectivity index (χ3n) is 3.05. The molecule has 0 saturated heterocycles. The molecule has 92 valence electrons. The van der Waals surface area contributed by atoms with Gasteiger partial charge in [0.15, 0.2) is 0 Å². The minimum absolute atomic E-state index is 0.0158. The lowest BCUT2D eigenvalue weighted by Crippen LogP contribution is -2.11. The molecule has 0 fully saturated rings. The molecule has 0 atom stereocenters. The van der Waals surface area contributed by atoms with Crippen molar-refractivity contribution in [3.8, 4) is 10.4 Å². The zero-order valence-corrected chi connectivity index (χ0v) is 10.1. The highest BCUT2D eigenvalue weighted by atomic mass is 32.1. The first-order valence-electron chi connectivity index (χ1n) is 5.49. The number of thiophene rings is 1. The number of rotatable bonds is 1. The number of allylic oxidation sites excluding steroid dienone is 1. The molecule has 0 spiro atoms. The molecule has 1 aliphatic rings. The summed E-state index contributed by atoms with van der Waals surface area (Å²) in [4.78, 5) is 1.01. The van der Waals surface area contributed by atoms with Crippen LogP contribution in [0.15, 0.2) is 41.3 Å². The molecular weight excluding hydrogens is 257 g/mol. The largest absolute Gasteiger partial charge is 0.413 e. The minimum atomic E-state index is -4.23. The summed E-state index contributed by atoms with van der Waals surface area (Å²) in [7, 11) is 0. The second kappa shape index (κ2) is 3.99. The van der Waals surface area contributed by atoms with Gasteiger partial charge < -0.3 is 0 Å². The molecule has 1 heterocycles. The van der Waals surface area contributed by atoms with Crippen LogP contribution in [0.25, 0.3) is 16.5 Å². The van der Waals surface area contributed by atoms with Crippen molar-refractivity contribution in [2.75, 3.05) is 0 Å². The van der Waals surface area contributed by atoms with E-state index in [0.29, 0.717) is 5.56 Å². The van der Waals surface area contributed by atoms with E-state index >= 15 is 0 Å². The second-order valence-corrected chi connectivity index (χ2v) is 5.15. The van der Waals surface area contributed by atoms with Crippen LogP contribution in [0.5, 0.6) is 0 Å². The SMILES string of the molecule is FC(F)(F)C1=Cc2c(cccc2-c2cccs2)C1. The molecule has 1 aliphatic carbocycles. The fraction of sp³-hybridized carbons (Fsp3) is 0.143. The Bertz CT molecular complexity index is 606. The third-order valence-corrected chi connectivity index (χ3v) is 3.95. The van der Waals surface area contributed by atoms with Gasteiger partial charge in [0.1, 0.15) is 0 Å². The van der Waals surface area contributed by atoms with Gasteiger partial charge in [0.05, 0.1) is 0 Å². The fourth-order valence-electron chi connectivity index (χ4n) is 2.20. The number of alkyl halides is 3. The number of hydrogen-bond donors (Lipinski definition) is 0. The van der Waals surface area contributed by atoms with Crippen molar-refractivity contribution in [1.82, 2.24) is 0 Å². The van der Waals surface area contributed by atoms with Crippen molar-refractivity contribution in [3.05, 3.63) is 52.4 Å². The van der Waals surface area contributed by atoms with E-state index in [1.54, 1.807) is 17.4 Å². The van der Waals surface area contributed by atoms with Gasteiger partial charge in [-0.25, -0.2) is 0 Å².